The lowest BCUT2D eigenvalue weighted by Crippen LogP contribution is -2.22. The molecule has 0 spiro atoms. The van der Waals surface area contributed by atoms with E-state index >= 15 is 0 Å². The van der Waals surface area contributed by atoms with Crippen LogP contribution in [-0.4, -0.2) is 0 Å². The number of nitrogens with zero attached hydrogens (tertiary/aromatic N) is 2. The lowest BCUT2D eigenvalue weighted by atomic mass is 9.80. The van der Waals surface area contributed by atoms with Crippen LogP contribution in [0.5, 0.6) is 0 Å². The quantitative estimate of drug-likeness (QED) is 0.165. The normalized spacial score (nSPS) is 12.5. The highest BCUT2D eigenvalue weighted by Crippen LogP contribution is 2.56. The maximum atomic E-state index is 2.57. The van der Waals surface area contributed by atoms with E-state index in [1.165, 1.54) is 111 Å². The van der Waals surface area contributed by atoms with Crippen molar-refractivity contribution in [3.63, 3.8) is 0 Å². The zero-order chi connectivity index (χ0) is 43.5. The Hall–Kier alpha value is -7.42. The van der Waals surface area contributed by atoms with Crippen LogP contribution in [0.25, 0.3) is 76.8 Å². The molecule has 64 heavy (non-hydrogen) atoms. The first-order valence-electron chi connectivity index (χ1n) is 22.7. The lowest BCUT2D eigenvalue weighted by molar-refractivity contribution is 0.590. The van der Waals surface area contributed by atoms with Gasteiger partial charge in [-0.3, -0.25) is 0 Å². The molecule has 2 nitrogen and oxygen atoms in total. The summed E-state index contributed by atoms with van der Waals surface area (Å²) in [6.45, 7) is 14.1. The van der Waals surface area contributed by atoms with E-state index in [2.05, 4.69) is 245 Å². The molecule has 10 aromatic carbocycles. The number of anilines is 6. The summed E-state index contributed by atoms with van der Waals surface area (Å²) in [5.41, 5.74) is 19.7. The monoisotopic (exact) mass is 822 g/mol. The van der Waals surface area contributed by atoms with Crippen LogP contribution in [-0.2, 0) is 10.8 Å². The summed E-state index contributed by atoms with van der Waals surface area (Å²) < 4.78 is 0. The molecule has 0 saturated heterocycles. The predicted molar refractivity (Wildman–Crippen MR) is 275 cm³/mol. The van der Waals surface area contributed by atoms with Gasteiger partial charge in [0.1, 0.15) is 0 Å². The molecule has 0 amide bonds. The highest BCUT2D eigenvalue weighted by molar-refractivity contribution is 6.22. The van der Waals surface area contributed by atoms with Crippen molar-refractivity contribution in [2.24, 2.45) is 0 Å². The fourth-order valence-corrected chi connectivity index (χ4v) is 11.0. The third-order valence-electron chi connectivity index (χ3n) is 13.8. The second-order valence-corrected chi connectivity index (χ2v) is 19.7. The molecule has 0 fully saturated rings. The molecule has 2 aliphatic carbocycles. The number of rotatable bonds is 6. The predicted octanol–water partition coefficient (Wildman–Crippen LogP) is 18.0. The standard InChI is InChI=1S/C62H50N2/c1-61(2,3)53-35-31-50-49(59(53)63(39-19-9-7-10-20-39)55-37-33-47-43-25-15-13-23-41(43)45-27-17-29-51(55)57(45)47)32-36-54(62(4,5)6)60(50)64(40-21-11-8-12-22-40)56-38-34-48-44-26-16-14-24-42(44)46-28-18-30-52(56)58(46)48/h7-38H,1-6H3. The van der Waals surface area contributed by atoms with Gasteiger partial charge in [0.05, 0.1) is 22.7 Å². The number of hydrogen-bond acceptors (Lipinski definition) is 2. The average molecular weight is 823 g/mol. The van der Waals surface area contributed by atoms with Crippen molar-refractivity contribution in [1.82, 2.24) is 0 Å². The molecule has 0 bridgehead atoms. The Bertz CT molecular complexity index is 3220. The largest absolute Gasteiger partial charge is 0.309 e. The van der Waals surface area contributed by atoms with Gasteiger partial charge in [-0.25, -0.2) is 0 Å². The van der Waals surface area contributed by atoms with Gasteiger partial charge in [-0.15, -0.1) is 0 Å². The smallest absolute Gasteiger partial charge is 0.0578 e. The molecular formula is C62H50N2. The first-order chi connectivity index (χ1) is 31.1. The highest BCUT2D eigenvalue weighted by Gasteiger charge is 2.33. The van der Waals surface area contributed by atoms with E-state index in [9.17, 15) is 0 Å². The Morgan fingerprint density at radius 2 is 0.594 bits per heavy atom. The Labute approximate surface area is 376 Å². The van der Waals surface area contributed by atoms with Crippen LogP contribution in [0.2, 0.25) is 0 Å². The Balaban J connectivity index is 1.20. The van der Waals surface area contributed by atoms with E-state index in [0.29, 0.717) is 0 Å². The molecule has 0 heterocycles. The van der Waals surface area contributed by atoms with Gasteiger partial charge in [-0.2, -0.15) is 0 Å². The minimum absolute atomic E-state index is 0.184. The van der Waals surface area contributed by atoms with Crippen molar-refractivity contribution in [1.29, 1.82) is 0 Å². The summed E-state index contributed by atoms with van der Waals surface area (Å²) in [6.07, 6.45) is 0. The highest BCUT2D eigenvalue weighted by atomic mass is 15.2. The summed E-state index contributed by atoms with van der Waals surface area (Å²) in [5, 5.41) is 7.56. The molecular weight excluding hydrogens is 773 g/mol. The summed E-state index contributed by atoms with van der Waals surface area (Å²) in [6, 6.07) is 72.7. The fourth-order valence-electron chi connectivity index (χ4n) is 11.0. The molecule has 0 radical (unpaired) electrons. The second kappa shape index (κ2) is 14.0. The summed E-state index contributed by atoms with van der Waals surface area (Å²) in [7, 11) is 0. The maximum Gasteiger partial charge on any atom is 0.0578 e. The van der Waals surface area contributed by atoms with Crippen molar-refractivity contribution < 1.29 is 0 Å². The molecule has 2 heteroatoms. The van der Waals surface area contributed by atoms with Crippen molar-refractivity contribution in [3.05, 3.63) is 205 Å². The first-order valence-corrected chi connectivity index (χ1v) is 22.7. The molecule has 0 aromatic heterocycles. The Kier molecular flexibility index (Phi) is 8.40. The van der Waals surface area contributed by atoms with Crippen LogP contribution >= 0.6 is 0 Å². The van der Waals surface area contributed by atoms with Gasteiger partial charge in [-0.05, 0) is 114 Å². The van der Waals surface area contributed by atoms with E-state index in [4.69, 9.17) is 0 Å². The van der Waals surface area contributed by atoms with Crippen molar-refractivity contribution >= 4 is 66.4 Å². The maximum absolute atomic E-state index is 2.57. The van der Waals surface area contributed by atoms with Gasteiger partial charge in [-0.1, -0.05) is 199 Å². The number of para-hydroxylation sites is 2. The lowest BCUT2D eigenvalue weighted by Gasteiger charge is -2.37. The molecule has 12 rings (SSSR count). The van der Waals surface area contributed by atoms with Gasteiger partial charge in [0.15, 0.2) is 0 Å². The van der Waals surface area contributed by atoms with E-state index in [0.717, 1.165) is 11.4 Å². The van der Waals surface area contributed by atoms with Gasteiger partial charge >= 0.3 is 0 Å². The molecule has 10 aromatic rings. The zero-order valence-electron chi connectivity index (χ0n) is 37.4. The average Bonchev–Trinajstić information content (AvgIpc) is 3.82. The third-order valence-corrected chi connectivity index (χ3v) is 13.8. The van der Waals surface area contributed by atoms with E-state index in [1.54, 1.807) is 0 Å². The summed E-state index contributed by atoms with van der Waals surface area (Å²) >= 11 is 0. The number of benzene rings is 10. The van der Waals surface area contributed by atoms with Crippen molar-refractivity contribution in [2.75, 3.05) is 9.80 Å². The first kappa shape index (κ1) is 38.3. The van der Waals surface area contributed by atoms with Gasteiger partial charge in [0, 0.05) is 32.9 Å². The van der Waals surface area contributed by atoms with Crippen LogP contribution < -0.4 is 9.80 Å². The SMILES string of the molecule is CC(C)(C)c1ccc2c(N(c3ccccc3)c3ccc4c5c(cccc35)-c3ccccc3-4)c(C(C)(C)C)ccc2c1N(c1ccccc1)c1ccc2c3c(cccc13)-c1ccccc1-2. The fraction of sp³-hybridized carbons (Fsp3) is 0.129. The molecule has 308 valence electrons. The van der Waals surface area contributed by atoms with Crippen molar-refractivity contribution in [2.45, 2.75) is 52.4 Å². The molecule has 0 atom stereocenters. The Morgan fingerprint density at radius 3 is 0.953 bits per heavy atom. The number of hydrogen-bond donors (Lipinski definition) is 0. The molecule has 0 saturated carbocycles. The summed E-state index contributed by atoms with van der Waals surface area (Å²) in [4.78, 5) is 5.14. The van der Waals surface area contributed by atoms with Crippen LogP contribution in [0.3, 0.4) is 0 Å². The number of fused-ring (bicyclic) bond motifs is 7. The molecule has 0 aliphatic heterocycles. The molecule has 2 aliphatic rings. The Morgan fingerprint density at radius 1 is 0.266 bits per heavy atom. The molecule has 0 unspecified atom stereocenters. The second-order valence-electron chi connectivity index (χ2n) is 19.7. The third kappa shape index (κ3) is 5.65. The van der Waals surface area contributed by atoms with Crippen LogP contribution in [0.1, 0.15) is 52.7 Å². The topological polar surface area (TPSA) is 6.48 Å². The van der Waals surface area contributed by atoms with Gasteiger partial charge in [0.25, 0.3) is 0 Å². The van der Waals surface area contributed by atoms with Crippen LogP contribution in [0.4, 0.5) is 34.1 Å². The van der Waals surface area contributed by atoms with Gasteiger partial charge < -0.3 is 9.80 Å². The minimum atomic E-state index is -0.184. The minimum Gasteiger partial charge on any atom is -0.309 e. The zero-order valence-corrected chi connectivity index (χ0v) is 37.4. The van der Waals surface area contributed by atoms with Crippen molar-refractivity contribution in [3.8, 4) is 44.5 Å². The van der Waals surface area contributed by atoms with Gasteiger partial charge in [0.2, 0.25) is 0 Å². The molecule has 0 N–H and O–H groups in total. The van der Waals surface area contributed by atoms with E-state index < -0.39 is 0 Å². The van der Waals surface area contributed by atoms with E-state index in [1.807, 2.05) is 0 Å². The van der Waals surface area contributed by atoms with Crippen LogP contribution in [0, 0.1) is 0 Å². The summed E-state index contributed by atoms with van der Waals surface area (Å²) in [5.74, 6) is 0. The van der Waals surface area contributed by atoms with E-state index in [-0.39, 0.29) is 10.8 Å². The van der Waals surface area contributed by atoms with Crippen LogP contribution in [0.15, 0.2) is 194 Å².